The molecule has 0 saturated carbocycles. The van der Waals surface area contributed by atoms with Crippen LogP contribution in [0.25, 0.3) is 93.5 Å². The van der Waals surface area contributed by atoms with E-state index in [1.807, 2.05) is 0 Å². The van der Waals surface area contributed by atoms with Crippen molar-refractivity contribution in [3.8, 4) is 50.2 Å². The minimum Gasteiger partial charge on any atom is -0.310 e. The zero-order valence-electron chi connectivity index (χ0n) is 35.1. The summed E-state index contributed by atoms with van der Waals surface area (Å²) in [5.74, 6) is 0. The molecule has 0 fully saturated rings. The molecule has 11 aromatic carbocycles. The lowest BCUT2D eigenvalue weighted by Gasteiger charge is -2.30. The highest BCUT2D eigenvalue weighted by atomic mass is 15.1. The fourth-order valence-electron chi connectivity index (χ4n) is 9.82. The SMILES string of the molecule is c1ccc(-c2ccc(-c3ccccc3)c(N(c3ccc(-c4cccc5ccccc45)c(-c4cccc5ccccc45)c3)c3ccc4c5ccccc5n(-c5ccccc5)c4c3)c2)cc1. The second-order valence-electron chi connectivity index (χ2n) is 16.5. The second-order valence-corrected chi connectivity index (χ2v) is 16.5. The van der Waals surface area contributed by atoms with E-state index in [4.69, 9.17) is 0 Å². The molecule has 64 heavy (non-hydrogen) atoms. The monoisotopic (exact) mass is 814 g/mol. The Morgan fingerprint density at radius 1 is 0.266 bits per heavy atom. The Kier molecular flexibility index (Phi) is 9.20. The van der Waals surface area contributed by atoms with Crippen molar-refractivity contribution < 1.29 is 0 Å². The number of nitrogens with zero attached hydrogens (tertiary/aromatic N) is 2. The minimum absolute atomic E-state index is 1.07. The zero-order chi connectivity index (χ0) is 42.4. The van der Waals surface area contributed by atoms with Crippen LogP contribution in [0.5, 0.6) is 0 Å². The van der Waals surface area contributed by atoms with Crippen LogP contribution in [0.4, 0.5) is 17.1 Å². The number of aromatic nitrogens is 1. The molecule has 1 aromatic heterocycles. The number of anilines is 3. The van der Waals surface area contributed by atoms with Crippen LogP contribution in [-0.2, 0) is 0 Å². The van der Waals surface area contributed by atoms with E-state index in [-0.39, 0.29) is 0 Å². The van der Waals surface area contributed by atoms with Gasteiger partial charge in [-0.05, 0) is 109 Å². The van der Waals surface area contributed by atoms with Gasteiger partial charge in [-0.1, -0.05) is 206 Å². The quantitative estimate of drug-likeness (QED) is 0.148. The van der Waals surface area contributed by atoms with Gasteiger partial charge in [-0.2, -0.15) is 0 Å². The lowest BCUT2D eigenvalue weighted by molar-refractivity contribution is 1.18. The van der Waals surface area contributed by atoms with Crippen molar-refractivity contribution in [3.63, 3.8) is 0 Å². The normalized spacial score (nSPS) is 11.4. The van der Waals surface area contributed by atoms with Gasteiger partial charge < -0.3 is 9.47 Å². The third kappa shape index (κ3) is 6.44. The van der Waals surface area contributed by atoms with Crippen molar-refractivity contribution in [1.29, 1.82) is 0 Å². The Labute approximate surface area is 373 Å². The van der Waals surface area contributed by atoms with Crippen LogP contribution >= 0.6 is 0 Å². The first kappa shape index (κ1) is 37.3. The van der Waals surface area contributed by atoms with Crippen LogP contribution in [0.3, 0.4) is 0 Å². The van der Waals surface area contributed by atoms with E-state index < -0.39 is 0 Å². The molecule has 300 valence electrons. The maximum absolute atomic E-state index is 2.49. The fourth-order valence-corrected chi connectivity index (χ4v) is 9.82. The van der Waals surface area contributed by atoms with Crippen LogP contribution in [0.15, 0.2) is 255 Å². The van der Waals surface area contributed by atoms with Crippen molar-refractivity contribution in [1.82, 2.24) is 4.57 Å². The standard InChI is InChI=1S/C62H42N2/c1-4-18-43(19-5-1)47-34-37-53(46-20-6-2-7-21-46)61(40-47)63(50-36-39-58-57-30-14-15-33-60(57)64(62(58)42-50)48-26-8-3-9-27-48)49-35-38-56(54-31-16-24-44-22-10-12-28-51(44)54)59(41-49)55-32-17-25-45-23-11-13-29-52(45)55/h1-42H. The number of hydrogen-bond acceptors (Lipinski definition) is 1. The number of fused-ring (bicyclic) bond motifs is 5. The second kappa shape index (κ2) is 15.8. The van der Waals surface area contributed by atoms with E-state index in [1.165, 1.54) is 65.7 Å². The van der Waals surface area contributed by atoms with Crippen LogP contribution in [0, 0.1) is 0 Å². The molecule has 0 N–H and O–H groups in total. The molecule has 0 saturated heterocycles. The third-order valence-corrected chi connectivity index (χ3v) is 12.8. The summed E-state index contributed by atoms with van der Waals surface area (Å²) in [5.41, 5.74) is 16.1. The highest BCUT2D eigenvalue weighted by Crippen LogP contribution is 2.48. The maximum atomic E-state index is 2.49. The molecule has 0 aliphatic carbocycles. The molecule has 0 bridgehead atoms. The average molecular weight is 815 g/mol. The predicted octanol–water partition coefficient (Wildman–Crippen LogP) is 17.2. The zero-order valence-corrected chi connectivity index (χ0v) is 35.1. The highest BCUT2D eigenvalue weighted by Gasteiger charge is 2.23. The number of benzene rings is 11. The number of hydrogen-bond donors (Lipinski definition) is 0. The summed E-state index contributed by atoms with van der Waals surface area (Å²) in [6, 6.07) is 93.0. The van der Waals surface area contributed by atoms with Crippen molar-refractivity contribution in [3.05, 3.63) is 255 Å². The Morgan fingerprint density at radius 3 is 1.48 bits per heavy atom. The van der Waals surface area contributed by atoms with Crippen molar-refractivity contribution >= 4 is 60.4 Å². The van der Waals surface area contributed by atoms with Crippen LogP contribution < -0.4 is 4.90 Å². The topological polar surface area (TPSA) is 8.17 Å². The smallest absolute Gasteiger partial charge is 0.0561 e. The Hall–Kier alpha value is -8.46. The first-order valence-corrected chi connectivity index (χ1v) is 22.0. The molecule has 0 unspecified atom stereocenters. The molecule has 2 heteroatoms. The van der Waals surface area contributed by atoms with E-state index in [1.54, 1.807) is 0 Å². The molecular weight excluding hydrogens is 773 g/mol. The van der Waals surface area contributed by atoms with Gasteiger partial charge in [0, 0.05) is 33.4 Å². The van der Waals surface area contributed by atoms with E-state index in [0.29, 0.717) is 0 Å². The predicted molar refractivity (Wildman–Crippen MR) is 272 cm³/mol. The Bertz CT molecular complexity index is 3650. The van der Waals surface area contributed by atoms with Crippen LogP contribution in [0.1, 0.15) is 0 Å². The first-order valence-electron chi connectivity index (χ1n) is 22.0. The largest absolute Gasteiger partial charge is 0.310 e. The van der Waals surface area contributed by atoms with Gasteiger partial charge in [-0.3, -0.25) is 0 Å². The summed E-state index contributed by atoms with van der Waals surface area (Å²) in [7, 11) is 0. The maximum Gasteiger partial charge on any atom is 0.0561 e. The van der Waals surface area contributed by atoms with Gasteiger partial charge in [0.25, 0.3) is 0 Å². The molecule has 12 rings (SSSR count). The molecule has 0 aliphatic rings. The van der Waals surface area contributed by atoms with E-state index in [2.05, 4.69) is 264 Å². The first-order chi connectivity index (χ1) is 31.8. The molecule has 2 nitrogen and oxygen atoms in total. The van der Waals surface area contributed by atoms with Gasteiger partial charge in [-0.15, -0.1) is 0 Å². The van der Waals surface area contributed by atoms with E-state index >= 15 is 0 Å². The van der Waals surface area contributed by atoms with Crippen molar-refractivity contribution in [2.45, 2.75) is 0 Å². The van der Waals surface area contributed by atoms with Gasteiger partial charge in [-0.25, -0.2) is 0 Å². The fraction of sp³-hybridized carbons (Fsp3) is 0. The van der Waals surface area contributed by atoms with Gasteiger partial charge in [0.05, 0.1) is 16.7 Å². The van der Waals surface area contributed by atoms with Gasteiger partial charge in [0.1, 0.15) is 0 Å². The molecule has 0 radical (unpaired) electrons. The van der Waals surface area contributed by atoms with Crippen molar-refractivity contribution in [2.24, 2.45) is 0 Å². The summed E-state index contributed by atoms with van der Waals surface area (Å²) < 4.78 is 2.41. The molecule has 0 spiro atoms. The van der Waals surface area contributed by atoms with Crippen molar-refractivity contribution in [2.75, 3.05) is 4.90 Å². The minimum atomic E-state index is 1.07. The van der Waals surface area contributed by atoms with E-state index in [9.17, 15) is 0 Å². The van der Waals surface area contributed by atoms with Gasteiger partial charge in [0.15, 0.2) is 0 Å². The summed E-state index contributed by atoms with van der Waals surface area (Å²) in [6.07, 6.45) is 0. The lowest BCUT2D eigenvalue weighted by atomic mass is 9.88. The average Bonchev–Trinajstić information content (AvgIpc) is 3.70. The Morgan fingerprint density at radius 2 is 0.781 bits per heavy atom. The highest BCUT2D eigenvalue weighted by molar-refractivity contribution is 6.11. The lowest BCUT2D eigenvalue weighted by Crippen LogP contribution is -2.12. The number of rotatable bonds is 8. The van der Waals surface area contributed by atoms with E-state index in [0.717, 1.165) is 45.0 Å². The van der Waals surface area contributed by atoms with Crippen LogP contribution in [-0.4, -0.2) is 4.57 Å². The molecule has 0 aliphatic heterocycles. The summed E-state index contributed by atoms with van der Waals surface area (Å²) in [5, 5.41) is 7.34. The van der Waals surface area contributed by atoms with Gasteiger partial charge in [0.2, 0.25) is 0 Å². The van der Waals surface area contributed by atoms with Crippen LogP contribution in [0.2, 0.25) is 0 Å². The molecule has 12 aromatic rings. The molecular formula is C62H42N2. The molecule has 0 amide bonds. The number of para-hydroxylation sites is 2. The summed E-state index contributed by atoms with van der Waals surface area (Å²) >= 11 is 0. The molecule has 1 heterocycles. The summed E-state index contributed by atoms with van der Waals surface area (Å²) in [4.78, 5) is 2.49. The van der Waals surface area contributed by atoms with Gasteiger partial charge >= 0.3 is 0 Å². The molecule has 0 atom stereocenters. The third-order valence-electron chi connectivity index (χ3n) is 12.8. The summed E-state index contributed by atoms with van der Waals surface area (Å²) in [6.45, 7) is 0. The Balaban J connectivity index is 1.19.